The molecule has 0 spiro atoms. The van der Waals surface area contributed by atoms with Gasteiger partial charge in [-0.05, 0) is 37.6 Å². The van der Waals surface area contributed by atoms with E-state index in [1.54, 1.807) is 0 Å². The van der Waals surface area contributed by atoms with Crippen molar-refractivity contribution in [1.29, 1.82) is 0 Å². The van der Waals surface area contributed by atoms with Gasteiger partial charge in [-0.2, -0.15) is 0 Å². The van der Waals surface area contributed by atoms with Crippen LogP contribution in [0.5, 0.6) is 5.75 Å². The van der Waals surface area contributed by atoms with Gasteiger partial charge in [0, 0.05) is 23.9 Å². The zero-order valence-electron chi connectivity index (χ0n) is 13.0. The average molecular weight is 295 g/mol. The third-order valence-corrected chi connectivity index (χ3v) is 3.62. The number of ether oxygens (including phenoxy) is 1. The molecule has 0 aliphatic rings. The first-order chi connectivity index (χ1) is 10.7. The summed E-state index contributed by atoms with van der Waals surface area (Å²) >= 11 is 0. The Morgan fingerprint density at radius 3 is 2.73 bits per heavy atom. The Kier molecular flexibility index (Phi) is 4.00. The molecular formula is C18H21N3O. The molecule has 0 aliphatic carbocycles. The molecule has 1 aromatic heterocycles. The summed E-state index contributed by atoms with van der Waals surface area (Å²) < 4.78 is 7.83. The summed E-state index contributed by atoms with van der Waals surface area (Å²) in [5.74, 6) is 1.81. The minimum Gasteiger partial charge on any atom is -0.494 e. The third kappa shape index (κ3) is 2.64. The molecule has 1 heterocycles. The van der Waals surface area contributed by atoms with Gasteiger partial charge in [-0.15, -0.1) is 0 Å². The molecule has 4 heteroatoms. The van der Waals surface area contributed by atoms with E-state index >= 15 is 0 Å². The fourth-order valence-electron chi connectivity index (χ4n) is 2.71. The van der Waals surface area contributed by atoms with Crippen molar-refractivity contribution in [2.45, 2.75) is 26.8 Å². The van der Waals surface area contributed by atoms with Crippen molar-refractivity contribution in [3.05, 3.63) is 42.5 Å². The second-order valence-electron chi connectivity index (χ2n) is 5.30. The molecule has 0 amide bonds. The van der Waals surface area contributed by atoms with E-state index in [9.17, 15) is 0 Å². The van der Waals surface area contributed by atoms with Crippen LogP contribution in [0, 0.1) is 0 Å². The lowest BCUT2D eigenvalue weighted by atomic mass is 10.2. The SMILES string of the molecule is CCCn1c(-c2cccc(N)c2)nc2cc(OCC)ccc21. The van der Waals surface area contributed by atoms with E-state index in [1.165, 1.54) is 0 Å². The number of hydrogen-bond acceptors (Lipinski definition) is 3. The molecule has 3 aromatic rings. The highest BCUT2D eigenvalue weighted by atomic mass is 16.5. The number of nitrogens with two attached hydrogens (primary N) is 1. The van der Waals surface area contributed by atoms with Crippen LogP contribution in [-0.4, -0.2) is 16.2 Å². The number of hydrogen-bond donors (Lipinski definition) is 1. The monoisotopic (exact) mass is 295 g/mol. The lowest BCUT2D eigenvalue weighted by molar-refractivity contribution is 0.340. The molecule has 3 rings (SSSR count). The lowest BCUT2D eigenvalue weighted by Gasteiger charge is -2.08. The molecule has 0 unspecified atom stereocenters. The highest BCUT2D eigenvalue weighted by Gasteiger charge is 2.13. The Balaban J connectivity index is 2.17. The summed E-state index contributed by atoms with van der Waals surface area (Å²) in [6, 6.07) is 14.0. The van der Waals surface area contributed by atoms with E-state index in [4.69, 9.17) is 15.5 Å². The van der Waals surface area contributed by atoms with Crippen LogP contribution in [0.1, 0.15) is 20.3 Å². The number of benzene rings is 2. The molecule has 0 saturated heterocycles. The first kappa shape index (κ1) is 14.4. The lowest BCUT2D eigenvalue weighted by Crippen LogP contribution is -2.00. The molecule has 22 heavy (non-hydrogen) atoms. The topological polar surface area (TPSA) is 53.1 Å². The van der Waals surface area contributed by atoms with Crippen molar-refractivity contribution in [1.82, 2.24) is 9.55 Å². The predicted molar refractivity (Wildman–Crippen MR) is 91.0 cm³/mol. The van der Waals surface area contributed by atoms with Gasteiger partial charge in [0.15, 0.2) is 0 Å². The summed E-state index contributed by atoms with van der Waals surface area (Å²) in [7, 11) is 0. The summed E-state index contributed by atoms with van der Waals surface area (Å²) in [6.07, 6.45) is 1.05. The summed E-state index contributed by atoms with van der Waals surface area (Å²) in [5.41, 5.74) is 9.80. The first-order valence-corrected chi connectivity index (χ1v) is 7.72. The largest absolute Gasteiger partial charge is 0.494 e. The number of imidazole rings is 1. The molecule has 2 N–H and O–H groups in total. The number of rotatable bonds is 5. The number of anilines is 1. The van der Waals surface area contributed by atoms with Crippen LogP contribution in [0.4, 0.5) is 5.69 Å². The van der Waals surface area contributed by atoms with Crippen molar-refractivity contribution >= 4 is 16.7 Å². The molecule has 0 aliphatic heterocycles. The maximum absolute atomic E-state index is 5.92. The van der Waals surface area contributed by atoms with E-state index in [-0.39, 0.29) is 0 Å². The van der Waals surface area contributed by atoms with Gasteiger partial charge in [0.25, 0.3) is 0 Å². The zero-order valence-corrected chi connectivity index (χ0v) is 13.0. The molecule has 0 fully saturated rings. The maximum Gasteiger partial charge on any atom is 0.141 e. The maximum atomic E-state index is 5.92. The van der Waals surface area contributed by atoms with Gasteiger partial charge in [0.05, 0.1) is 17.6 Å². The summed E-state index contributed by atoms with van der Waals surface area (Å²) in [6.45, 7) is 5.74. The molecular weight excluding hydrogens is 274 g/mol. The Labute approximate surface area is 130 Å². The van der Waals surface area contributed by atoms with Crippen molar-refractivity contribution in [3.63, 3.8) is 0 Å². The van der Waals surface area contributed by atoms with E-state index in [0.717, 1.165) is 46.8 Å². The highest BCUT2D eigenvalue weighted by Crippen LogP contribution is 2.28. The van der Waals surface area contributed by atoms with E-state index in [1.807, 2.05) is 43.3 Å². The van der Waals surface area contributed by atoms with Crippen molar-refractivity contribution < 1.29 is 4.74 Å². The molecule has 114 valence electrons. The first-order valence-electron chi connectivity index (χ1n) is 7.72. The summed E-state index contributed by atoms with van der Waals surface area (Å²) in [4.78, 5) is 4.81. The molecule has 0 radical (unpaired) electrons. The minimum atomic E-state index is 0.656. The molecule has 0 saturated carbocycles. The Morgan fingerprint density at radius 2 is 2.00 bits per heavy atom. The second-order valence-corrected chi connectivity index (χ2v) is 5.30. The van der Waals surface area contributed by atoms with Gasteiger partial charge in [-0.3, -0.25) is 0 Å². The highest BCUT2D eigenvalue weighted by molar-refractivity contribution is 5.82. The van der Waals surface area contributed by atoms with Crippen LogP contribution in [0.3, 0.4) is 0 Å². The molecule has 0 atom stereocenters. The number of nitrogens with zero attached hydrogens (tertiary/aromatic N) is 2. The van der Waals surface area contributed by atoms with Crippen LogP contribution in [0.2, 0.25) is 0 Å². The second kappa shape index (κ2) is 6.10. The summed E-state index contributed by atoms with van der Waals surface area (Å²) in [5, 5.41) is 0. The van der Waals surface area contributed by atoms with Crippen molar-refractivity contribution in [2.75, 3.05) is 12.3 Å². The fraction of sp³-hybridized carbons (Fsp3) is 0.278. The molecule has 0 bridgehead atoms. The standard InChI is InChI=1S/C18H21N3O/c1-3-10-21-17-9-8-15(22-4-2)12-16(17)20-18(21)13-6-5-7-14(19)11-13/h5-9,11-12H,3-4,10,19H2,1-2H3. The van der Waals surface area contributed by atoms with Crippen LogP contribution >= 0.6 is 0 Å². The number of nitrogen functional groups attached to an aromatic ring is 1. The van der Waals surface area contributed by atoms with Crippen LogP contribution in [-0.2, 0) is 6.54 Å². The van der Waals surface area contributed by atoms with Gasteiger partial charge < -0.3 is 15.0 Å². The fourth-order valence-corrected chi connectivity index (χ4v) is 2.71. The van der Waals surface area contributed by atoms with Gasteiger partial charge in [-0.1, -0.05) is 19.1 Å². The van der Waals surface area contributed by atoms with Crippen molar-refractivity contribution in [2.24, 2.45) is 0 Å². The van der Waals surface area contributed by atoms with Crippen molar-refractivity contribution in [3.8, 4) is 17.1 Å². The van der Waals surface area contributed by atoms with E-state index in [2.05, 4.69) is 17.6 Å². The molecule has 4 nitrogen and oxygen atoms in total. The van der Waals surface area contributed by atoms with Gasteiger partial charge in [0.2, 0.25) is 0 Å². The smallest absolute Gasteiger partial charge is 0.141 e. The normalized spacial score (nSPS) is 11.0. The third-order valence-electron chi connectivity index (χ3n) is 3.62. The Morgan fingerprint density at radius 1 is 1.14 bits per heavy atom. The van der Waals surface area contributed by atoms with Crippen LogP contribution in [0.25, 0.3) is 22.4 Å². The van der Waals surface area contributed by atoms with Crippen LogP contribution < -0.4 is 10.5 Å². The predicted octanol–water partition coefficient (Wildman–Crippen LogP) is 4.09. The number of fused-ring (bicyclic) bond motifs is 1. The van der Waals surface area contributed by atoms with E-state index in [0.29, 0.717) is 6.61 Å². The van der Waals surface area contributed by atoms with E-state index < -0.39 is 0 Å². The number of aromatic nitrogens is 2. The zero-order chi connectivity index (χ0) is 15.5. The molecule has 2 aromatic carbocycles. The van der Waals surface area contributed by atoms with Gasteiger partial charge >= 0.3 is 0 Å². The van der Waals surface area contributed by atoms with Gasteiger partial charge in [-0.25, -0.2) is 4.98 Å². The number of aryl methyl sites for hydroxylation is 1. The van der Waals surface area contributed by atoms with Crippen LogP contribution in [0.15, 0.2) is 42.5 Å². The Bertz CT molecular complexity index is 792. The average Bonchev–Trinajstić information content (AvgIpc) is 2.86. The Hall–Kier alpha value is -2.49. The quantitative estimate of drug-likeness (QED) is 0.721. The van der Waals surface area contributed by atoms with Gasteiger partial charge in [0.1, 0.15) is 11.6 Å². The minimum absolute atomic E-state index is 0.656.